The van der Waals surface area contributed by atoms with Crippen molar-refractivity contribution in [2.24, 2.45) is 5.92 Å². The van der Waals surface area contributed by atoms with E-state index in [1.54, 1.807) is 0 Å². The van der Waals surface area contributed by atoms with Crippen molar-refractivity contribution >= 4 is 0 Å². The van der Waals surface area contributed by atoms with Gasteiger partial charge in [0.25, 0.3) is 0 Å². The maximum Gasteiger partial charge on any atom is 0.131 e. The first-order chi connectivity index (χ1) is 13.1. The Bertz CT molecular complexity index is 763. The maximum atomic E-state index is 11.7. The number of fused-ring (bicyclic) bond motifs is 1. The Morgan fingerprint density at radius 1 is 1.15 bits per heavy atom. The van der Waals surface area contributed by atoms with Crippen LogP contribution >= 0.6 is 0 Å². The van der Waals surface area contributed by atoms with Crippen LogP contribution in [0.4, 0.5) is 0 Å². The number of benzene rings is 1. The van der Waals surface area contributed by atoms with Crippen molar-refractivity contribution in [3.63, 3.8) is 0 Å². The number of hydrogen-bond acceptors (Lipinski definition) is 4. The van der Waals surface area contributed by atoms with E-state index >= 15 is 0 Å². The Hall–Kier alpha value is -1.78. The minimum Gasteiger partial charge on any atom is -0.385 e. The third-order valence-electron chi connectivity index (χ3n) is 6.48. The predicted molar refractivity (Wildman–Crippen MR) is 107 cm³/mol. The number of aliphatic hydroxyl groups is 1. The molecule has 1 aromatic heterocycles. The molecule has 4 nitrogen and oxygen atoms in total. The van der Waals surface area contributed by atoms with Gasteiger partial charge in [-0.05, 0) is 30.9 Å². The highest BCUT2D eigenvalue weighted by Crippen LogP contribution is 2.47. The molecule has 1 aliphatic carbocycles. The summed E-state index contributed by atoms with van der Waals surface area (Å²) in [5.74, 6) is 1.57. The Balaban J connectivity index is 1.58. The summed E-state index contributed by atoms with van der Waals surface area (Å²) in [6.45, 7) is 6.04. The molecule has 1 aliphatic heterocycles. The third kappa shape index (κ3) is 3.65. The highest BCUT2D eigenvalue weighted by Gasteiger charge is 2.48. The largest absolute Gasteiger partial charge is 0.385 e. The van der Waals surface area contributed by atoms with Gasteiger partial charge in [-0.2, -0.15) is 0 Å². The van der Waals surface area contributed by atoms with Gasteiger partial charge in [-0.1, -0.05) is 57.0 Å². The zero-order valence-electron chi connectivity index (χ0n) is 16.5. The topological polar surface area (TPSA) is 49.2 Å². The summed E-state index contributed by atoms with van der Waals surface area (Å²) < 4.78 is 0. The number of likely N-dealkylation sites (tertiary alicyclic amines) is 1. The third-order valence-corrected chi connectivity index (χ3v) is 6.48. The highest BCUT2D eigenvalue weighted by atomic mass is 16.3. The van der Waals surface area contributed by atoms with Crippen molar-refractivity contribution < 1.29 is 5.11 Å². The lowest BCUT2D eigenvalue weighted by molar-refractivity contribution is -0.123. The summed E-state index contributed by atoms with van der Waals surface area (Å²) in [4.78, 5) is 11.8. The van der Waals surface area contributed by atoms with Crippen LogP contribution in [0.15, 0.2) is 42.6 Å². The first kappa shape index (κ1) is 18.6. The summed E-state index contributed by atoms with van der Waals surface area (Å²) >= 11 is 0. The molecule has 0 amide bonds. The molecule has 1 saturated heterocycles. The predicted octanol–water partition coefficient (Wildman–Crippen LogP) is 4.25. The van der Waals surface area contributed by atoms with Crippen LogP contribution in [0.3, 0.4) is 0 Å². The molecule has 1 saturated carbocycles. The first-order valence-corrected chi connectivity index (χ1v) is 10.4. The Kier molecular flexibility index (Phi) is 5.29. The zero-order chi connectivity index (χ0) is 18.9. The Morgan fingerprint density at radius 2 is 1.93 bits per heavy atom. The molecule has 4 heteroatoms. The molecule has 3 atom stereocenters. The molecule has 2 fully saturated rings. The minimum absolute atomic E-state index is 0.300. The van der Waals surface area contributed by atoms with Crippen molar-refractivity contribution in [3.05, 3.63) is 59.7 Å². The first-order valence-electron chi connectivity index (χ1n) is 10.4. The number of piperidine rings is 1. The number of hydrogen-bond donors (Lipinski definition) is 1. The monoisotopic (exact) mass is 365 g/mol. The average Bonchev–Trinajstić information content (AvgIpc) is 2.71. The number of nitrogens with zero attached hydrogens (tertiary/aromatic N) is 3. The van der Waals surface area contributed by atoms with Crippen LogP contribution in [-0.4, -0.2) is 32.6 Å². The molecule has 0 unspecified atom stereocenters. The van der Waals surface area contributed by atoms with Gasteiger partial charge in [0, 0.05) is 37.2 Å². The number of aromatic nitrogens is 2. The van der Waals surface area contributed by atoms with Crippen molar-refractivity contribution in [2.45, 2.75) is 70.1 Å². The van der Waals surface area contributed by atoms with Gasteiger partial charge in [-0.3, -0.25) is 4.90 Å². The van der Waals surface area contributed by atoms with Crippen LogP contribution in [0, 0.1) is 5.92 Å². The highest BCUT2D eigenvalue weighted by molar-refractivity contribution is 5.25. The van der Waals surface area contributed by atoms with E-state index in [9.17, 15) is 5.11 Å². The van der Waals surface area contributed by atoms with Gasteiger partial charge in [0.05, 0.1) is 11.3 Å². The van der Waals surface area contributed by atoms with E-state index in [-0.39, 0.29) is 0 Å². The van der Waals surface area contributed by atoms with E-state index in [0.29, 0.717) is 17.9 Å². The van der Waals surface area contributed by atoms with Crippen LogP contribution < -0.4 is 0 Å². The van der Waals surface area contributed by atoms with E-state index in [2.05, 4.69) is 35.9 Å². The molecule has 1 N–H and O–H groups in total. The van der Waals surface area contributed by atoms with Gasteiger partial charge in [0.15, 0.2) is 0 Å². The summed E-state index contributed by atoms with van der Waals surface area (Å²) in [6.07, 6.45) is 7.43. The van der Waals surface area contributed by atoms with E-state index in [1.165, 1.54) is 19.3 Å². The van der Waals surface area contributed by atoms with Crippen molar-refractivity contribution in [3.8, 4) is 0 Å². The van der Waals surface area contributed by atoms with Crippen LogP contribution in [0.1, 0.15) is 69.0 Å². The fourth-order valence-electron chi connectivity index (χ4n) is 5.04. The molecule has 27 heavy (non-hydrogen) atoms. The standard InChI is InChI=1S/C23H31N3O/c1-17(2)22-24-14-12-19(25-22)16-26-15-13-23(27,18-8-4-3-5-9-18)20-10-6-7-11-21(20)26/h3-5,8-9,12,14,17,20-21,27H,6-7,10-11,13,15-16H2,1-2H3/t20-,21-,23+/m0/s1. The molecule has 0 radical (unpaired) electrons. The average molecular weight is 366 g/mol. The molecule has 0 bridgehead atoms. The van der Waals surface area contributed by atoms with E-state index in [1.807, 2.05) is 30.5 Å². The van der Waals surface area contributed by atoms with Crippen molar-refractivity contribution in [1.82, 2.24) is 14.9 Å². The second-order valence-electron chi connectivity index (χ2n) is 8.53. The molecule has 2 aromatic rings. The van der Waals surface area contributed by atoms with Gasteiger partial charge in [0.2, 0.25) is 0 Å². The Labute approximate surface area is 162 Å². The van der Waals surface area contributed by atoms with Gasteiger partial charge in [-0.15, -0.1) is 0 Å². The molecule has 1 aromatic carbocycles. The van der Waals surface area contributed by atoms with Gasteiger partial charge >= 0.3 is 0 Å². The Morgan fingerprint density at radius 3 is 2.70 bits per heavy atom. The van der Waals surface area contributed by atoms with Crippen molar-refractivity contribution in [1.29, 1.82) is 0 Å². The van der Waals surface area contributed by atoms with Gasteiger partial charge < -0.3 is 5.11 Å². The summed E-state index contributed by atoms with van der Waals surface area (Å²) in [5.41, 5.74) is 1.49. The quantitative estimate of drug-likeness (QED) is 0.880. The molecular weight excluding hydrogens is 334 g/mol. The fraction of sp³-hybridized carbons (Fsp3) is 0.565. The van der Waals surface area contributed by atoms with E-state index in [4.69, 9.17) is 4.98 Å². The molecule has 4 rings (SSSR count). The zero-order valence-corrected chi connectivity index (χ0v) is 16.5. The molecule has 2 heterocycles. The molecule has 144 valence electrons. The lowest BCUT2D eigenvalue weighted by Gasteiger charge is -2.52. The van der Waals surface area contributed by atoms with Crippen molar-refractivity contribution in [2.75, 3.05) is 6.54 Å². The summed E-state index contributed by atoms with van der Waals surface area (Å²) in [5, 5.41) is 11.7. The fourth-order valence-corrected chi connectivity index (χ4v) is 5.04. The molecule has 2 aliphatic rings. The van der Waals surface area contributed by atoms with E-state index in [0.717, 1.165) is 43.0 Å². The van der Waals surface area contributed by atoms with Gasteiger partial charge in [0.1, 0.15) is 5.82 Å². The van der Waals surface area contributed by atoms with E-state index < -0.39 is 5.60 Å². The lowest BCUT2D eigenvalue weighted by atomic mass is 9.66. The smallest absolute Gasteiger partial charge is 0.131 e. The van der Waals surface area contributed by atoms with Gasteiger partial charge in [-0.25, -0.2) is 9.97 Å². The lowest BCUT2D eigenvalue weighted by Crippen LogP contribution is -2.57. The second-order valence-corrected chi connectivity index (χ2v) is 8.53. The number of rotatable bonds is 4. The molecular formula is C23H31N3O. The van der Waals surface area contributed by atoms with Crippen LogP contribution in [0.25, 0.3) is 0 Å². The van der Waals surface area contributed by atoms with Crippen LogP contribution in [-0.2, 0) is 12.1 Å². The summed E-state index contributed by atoms with van der Waals surface area (Å²) in [6, 6.07) is 12.8. The normalized spacial score (nSPS) is 28.9. The SMILES string of the molecule is CC(C)c1nccc(CN2CC[C@@](O)(c3ccccc3)[C@H]3CCCC[C@@H]32)n1. The maximum absolute atomic E-state index is 11.7. The van der Waals surface area contributed by atoms with Crippen LogP contribution in [0.2, 0.25) is 0 Å². The second kappa shape index (κ2) is 7.69. The van der Waals surface area contributed by atoms with Crippen LogP contribution in [0.5, 0.6) is 0 Å². The minimum atomic E-state index is -0.697. The summed E-state index contributed by atoms with van der Waals surface area (Å²) in [7, 11) is 0. The molecule has 0 spiro atoms.